The van der Waals surface area contributed by atoms with Crippen LogP contribution in [0.15, 0.2) is 72.9 Å². The standard InChI is InChI=1S/C74H139N2O6P/c1-6-8-10-12-14-16-18-20-22-24-26-28-30-32-34-36-37-38-40-41-43-45-47-49-51-53-55-57-59-61-63-65-67-73(77)72(71-82-83(79,80)81-70-69-76(3,4)5)75-74(78)68-66-64-62-60-58-56-54-52-50-48-46-44-42-39-35-33-31-29-27-25-23-21-19-17-15-13-11-9-7-2/h9,11,15,17,21,23,27,29,57,59,65,67,72-73,77H,6-8,10,12-14,16,18-20,22,24-26,28,30-56,58,60-64,66,68-71H2,1-5H3,(H-,75,78,79,80)/p+1/b11-9-,17-15-,23-21-,29-27-,59-57+,67-65+. The molecule has 0 aromatic carbocycles. The van der Waals surface area contributed by atoms with Gasteiger partial charge in [0.2, 0.25) is 5.91 Å². The third kappa shape index (κ3) is 67.3. The first-order valence-electron chi connectivity index (χ1n) is 35.8. The molecular weight excluding hydrogens is 1040 g/mol. The smallest absolute Gasteiger partial charge is 0.387 e. The highest BCUT2D eigenvalue weighted by Crippen LogP contribution is 2.43. The number of carbonyl (C=O) groups excluding carboxylic acids is 1. The van der Waals surface area contributed by atoms with Crippen LogP contribution in [0.2, 0.25) is 0 Å². The molecule has 3 atom stereocenters. The molecule has 83 heavy (non-hydrogen) atoms. The van der Waals surface area contributed by atoms with Gasteiger partial charge in [-0.15, -0.1) is 0 Å². The third-order valence-corrected chi connectivity index (χ3v) is 17.1. The van der Waals surface area contributed by atoms with E-state index < -0.39 is 20.0 Å². The average molecular weight is 1180 g/mol. The molecule has 0 aromatic heterocycles. The largest absolute Gasteiger partial charge is 0.472 e. The van der Waals surface area contributed by atoms with Crippen LogP contribution in [0.4, 0.5) is 0 Å². The first-order valence-corrected chi connectivity index (χ1v) is 37.3. The summed E-state index contributed by atoms with van der Waals surface area (Å²) in [6.07, 6.45) is 90.7. The Labute approximate surface area is 516 Å². The number of aliphatic hydroxyl groups is 1. The number of allylic oxidation sites excluding steroid dienone is 11. The van der Waals surface area contributed by atoms with Gasteiger partial charge in [0, 0.05) is 6.42 Å². The fraction of sp³-hybridized carbons (Fsp3) is 0.824. The quantitative estimate of drug-likeness (QED) is 0.0243. The number of nitrogens with zero attached hydrogens (tertiary/aromatic N) is 1. The van der Waals surface area contributed by atoms with Crippen LogP contribution in [-0.2, 0) is 18.4 Å². The van der Waals surface area contributed by atoms with Gasteiger partial charge in [-0.3, -0.25) is 13.8 Å². The maximum absolute atomic E-state index is 13.1. The molecule has 0 aliphatic heterocycles. The molecule has 9 heteroatoms. The molecule has 0 fully saturated rings. The molecule has 0 aliphatic rings. The minimum atomic E-state index is -4.37. The number of phosphoric ester groups is 1. The van der Waals surface area contributed by atoms with E-state index in [4.69, 9.17) is 9.05 Å². The second kappa shape index (κ2) is 64.4. The van der Waals surface area contributed by atoms with Crippen molar-refractivity contribution in [3.8, 4) is 0 Å². The van der Waals surface area contributed by atoms with Crippen molar-refractivity contribution < 1.29 is 32.9 Å². The summed E-state index contributed by atoms with van der Waals surface area (Å²) in [5, 5.41) is 14.0. The molecular formula is C74H140N2O6P+. The van der Waals surface area contributed by atoms with Crippen LogP contribution in [0.5, 0.6) is 0 Å². The van der Waals surface area contributed by atoms with Crippen molar-refractivity contribution in [3.63, 3.8) is 0 Å². The van der Waals surface area contributed by atoms with Crippen molar-refractivity contribution in [2.24, 2.45) is 0 Å². The van der Waals surface area contributed by atoms with Gasteiger partial charge in [-0.05, 0) is 70.6 Å². The van der Waals surface area contributed by atoms with Crippen molar-refractivity contribution in [1.29, 1.82) is 0 Å². The summed E-state index contributed by atoms with van der Waals surface area (Å²) in [5.74, 6) is -0.184. The number of nitrogens with one attached hydrogen (secondary N) is 1. The van der Waals surface area contributed by atoms with Gasteiger partial charge in [0.15, 0.2) is 0 Å². The van der Waals surface area contributed by atoms with E-state index in [0.717, 1.165) is 64.2 Å². The van der Waals surface area contributed by atoms with Crippen molar-refractivity contribution in [2.75, 3.05) is 40.9 Å². The zero-order valence-electron chi connectivity index (χ0n) is 55.7. The number of hydrogen-bond donors (Lipinski definition) is 3. The van der Waals surface area contributed by atoms with E-state index >= 15 is 0 Å². The lowest BCUT2D eigenvalue weighted by atomic mass is 10.0. The summed E-state index contributed by atoms with van der Waals surface area (Å²) in [5.41, 5.74) is 0. The van der Waals surface area contributed by atoms with Gasteiger partial charge in [0.25, 0.3) is 0 Å². The Morgan fingerprint density at radius 1 is 0.422 bits per heavy atom. The summed E-state index contributed by atoms with van der Waals surface area (Å²) in [4.78, 5) is 23.4. The van der Waals surface area contributed by atoms with Crippen molar-refractivity contribution >= 4 is 13.7 Å². The number of phosphoric acid groups is 1. The molecule has 0 rings (SSSR count). The van der Waals surface area contributed by atoms with Crippen molar-refractivity contribution in [3.05, 3.63) is 72.9 Å². The molecule has 8 nitrogen and oxygen atoms in total. The average Bonchev–Trinajstić information content (AvgIpc) is 3.50. The summed E-state index contributed by atoms with van der Waals surface area (Å²) >= 11 is 0. The maximum Gasteiger partial charge on any atom is 0.472 e. The second-order valence-corrected chi connectivity index (χ2v) is 27.0. The first kappa shape index (κ1) is 80.9. The minimum absolute atomic E-state index is 0.0551. The molecule has 0 heterocycles. The van der Waals surface area contributed by atoms with E-state index in [1.54, 1.807) is 6.08 Å². The molecule has 0 radical (unpaired) electrons. The van der Waals surface area contributed by atoms with Gasteiger partial charge in [-0.25, -0.2) is 4.57 Å². The third-order valence-electron chi connectivity index (χ3n) is 16.2. The number of hydrogen-bond acceptors (Lipinski definition) is 5. The molecule has 0 saturated heterocycles. The van der Waals surface area contributed by atoms with E-state index in [1.165, 1.54) is 257 Å². The Bertz CT molecular complexity index is 1580. The van der Waals surface area contributed by atoms with Gasteiger partial charge in [0.1, 0.15) is 13.2 Å². The highest BCUT2D eigenvalue weighted by Gasteiger charge is 2.28. The Kier molecular flexibility index (Phi) is 62.8. The lowest BCUT2D eigenvalue weighted by molar-refractivity contribution is -0.870. The fourth-order valence-electron chi connectivity index (χ4n) is 10.6. The SMILES string of the molecule is CC/C=C\C/C=C\C/C=C\C/C=C\CCCCCCCCCCCCCCCCCCC(=O)NC(COP(=O)(O)OCC[N+](C)(C)C)C(O)/C=C/CC/C=C/CCCCCCCCCCCCCCCCCCCCCCCCCCCC. The van der Waals surface area contributed by atoms with Gasteiger partial charge in [-0.1, -0.05) is 337 Å². The van der Waals surface area contributed by atoms with Gasteiger partial charge >= 0.3 is 7.82 Å². The van der Waals surface area contributed by atoms with E-state index in [0.29, 0.717) is 17.4 Å². The van der Waals surface area contributed by atoms with Crippen LogP contribution in [0.25, 0.3) is 0 Å². The second-order valence-electron chi connectivity index (χ2n) is 25.6. The number of rotatable bonds is 66. The summed E-state index contributed by atoms with van der Waals surface area (Å²) in [7, 11) is 1.56. The van der Waals surface area contributed by atoms with E-state index in [-0.39, 0.29) is 19.1 Å². The molecule has 0 aromatic rings. The fourth-order valence-corrected chi connectivity index (χ4v) is 11.4. The van der Waals surface area contributed by atoms with E-state index in [9.17, 15) is 19.4 Å². The lowest BCUT2D eigenvalue weighted by Crippen LogP contribution is -2.45. The molecule has 3 N–H and O–H groups in total. The lowest BCUT2D eigenvalue weighted by Gasteiger charge is -2.25. The minimum Gasteiger partial charge on any atom is -0.387 e. The number of quaternary nitrogens is 1. The van der Waals surface area contributed by atoms with Crippen LogP contribution in [-0.4, -0.2) is 73.4 Å². The Morgan fingerprint density at radius 3 is 1.11 bits per heavy atom. The monoisotopic (exact) mass is 1180 g/mol. The first-order chi connectivity index (χ1) is 40.5. The molecule has 0 bridgehead atoms. The summed E-state index contributed by atoms with van der Waals surface area (Å²) in [6.45, 7) is 4.73. The Hall–Kier alpha value is -2.06. The van der Waals surface area contributed by atoms with Crippen LogP contribution in [0.3, 0.4) is 0 Å². The van der Waals surface area contributed by atoms with E-state index in [2.05, 4.69) is 79.9 Å². The molecule has 3 unspecified atom stereocenters. The Balaban J connectivity index is 4.08. The van der Waals surface area contributed by atoms with Crippen LogP contribution >= 0.6 is 7.82 Å². The summed E-state index contributed by atoms with van der Waals surface area (Å²) in [6, 6.07) is -0.868. The van der Waals surface area contributed by atoms with Crippen LogP contribution in [0, 0.1) is 0 Å². The number of likely N-dealkylation sites (N-methyl/N-ethyl adjacent to an activating group) is 1. The summed E-state index contributed by atoms with van der Waals surface area (Å²) < 4.78 is 23.8. The predicted molar refractivity (Wildman–Crippen MR) is 364 cm³/mol. The van der Waals surface area contributed by atoms with Gasteiger partial charge < -0.3 is 19.8 Å². The number of amides is 1. The molecule has 0 saturated carbocycles. The van der Waals surface area contributed by atoms with E-state index in [1.807, 2.05) is 27.2 Å². The Morgan fingerprint density at radius 2 is 0.735 bits per heavy atom. The van der Waals surface area contributed by atoms with Gasteiger partial charge in [-0.2, -0.15) is 0 Å². The highest BCUT2D eigenvalue weighted by atomic mass is 31.2. The zero-order valence-corrected chi connectivity index (χ0v) is 56.6. The number of aliphatic hydroxyl groups excluding tert-OH is 1. The van der Waals surface area contributed by atoms with Crippen LogP contribution < -0.4 is 5.32 Å². The molecule has 0 spiro atoms. The van der Waals surface area contributed by atoms with Gasteiger partial charge in [0.05, 0.1) is 39.9 Å². The van der Waals surface area contributed by atoms with Crippen LogP contribution in [0.1, 0.15) is 341 Å². The zero-order chi connectivity index (χ0) is 60.5. The maximum atomic E-state index is 13.1. The number of unbranched alkanes of at least 4 members (excludes halogenated alkanes) is 43. The predicted octanol–water partition coefficient (Wildman–Crippen LogP) is 22.9. The van der Waals surface area contributed by atoms with Crippen molar-refractivity contribution in [1.82, 2.24) is 5.32 Å². The molecule has 1 amide bonds. The number of carbonyl (C=O) groups is 1. The molecule has 0 aliphatic carbocycles. The normalized spacial score (nSPS) is 14.1. The van der Waals surface area contributed by atoms with Crippen molar-refractivity contribution in [2.45, 2.75) is 353 Å². The molecule has 486 valence electrons. The highest BCUT2D eigenvalue weighted by molar-refractivity contribution is 7.47. The topological polar surface area (TPSA) is 105 Å².